The molecule has 1 aromatic rings. The van der Waals surface area contributed by atoms with Gasteiger partial charge in [0.25, 0.3) is 0 Å². The number of methoxy groups -OCH3 is 1. The summed E-state index contributed by atoms with van der Waals surface area (Å²) >= 11 is 0. The first-order valence-electron chi connectivity index (χ1n) is 8.25. The molecule has 0 aromatic heterocycles. The minimum Gasteiger partial charge on any atom is -0.497 e. The second-order valence-electron chi connectivity index (χ2n) is 6.49. The van der Waals surface area contributed by atoms with Crippen molar-refractivity contribution in [3.05, 3.63) is 24.3 Å². The summed E-state index contributed by atoms with van der Waals surface area (Å²) in [5.41, 5.74) is 0. The van der Waals surface area contributed by atoms with E-state index in [1.54, 1.807) is 12.1 Å². The highest BCUT2D eigenvalue weighted by Gasteiger charge is 2.45. The molecular formula is C16H23NO6S2. The Morgan fingerprint density at radius 1 is 1.24 bits per heavy atom. The van der Waals surface area contributed by atoms with E-state index in [9.17, 15) is 16.8 Å². The largest absolute Gasteiger partial charge is 0.497 e. The average molecular weight is 389 g/mol. The van der Waals surface area contributed by atoms with E-state index in [-0.39, 0.29) is 22.5 Å². The van der Waals surface area contributed by atoms with Gasteiger partial charge in [-0.1, -0.05) is 0 Å². The predicted octanol–water partition coefficient (Wildman–Crippen LogP) is 0.403. The Bertz CT molecular complexity index is 798. The number of hydrogen-bond donors (Lipinski definition) is 1. The normalized spacial score (nSPS) is 28.9. The van der Waals surface area contributed by atoms with Gasteiger partial charge >= 0.3 is 0 Å². The molecule has 0 amide bonds. The van der Waals surface area contributed by atoms with Crippen LogP contribution in [0.3, 0.4) is 0 Å². The molecule has 3 rings (SSSR count). The van der Waals surface area contributed by atoms with Crippen LogP contribution in [0.4, 0.5) is 0 Å². The first-order valence-corrected chi connectivity index (χ1v) is 11.6. The zero-order chi connectivity index (χ0) is 18.1. The SMILES string of the molecule is COc1ccc(S(=O)(=O)C2CS(=O)(=O)CC2NCC2CCCO2)cc1. The van der Waals surface area contributed by atoms with E-state index in [0.29, 0.717) is 18.9 Å². The van der Waals surface area contributed by atoms with Crippen LogP contribution in [0.1, 0.15) is 12.8 Å². The fourth-order valence-electron chi connectivity index (χ4n) is 3.34. The maximum Gasteiger partial charge on any atom is 0.183 e. The van der Waals surface area contributed by atoms with Crippen LogP contribution in [-0.2, 0) is 24.4 Å². The topological polar surface area (TPSA) is 98.8 Å². The fourth-order valence-corrected chi connectivity index (χ4v) is 8.06. The zero-order valence-electron chi connectivity index (χ0n) is 14.1. The molecule has 9 heteroatoms. The Balaban J connectivity index is 1.80. The average Bonchev–Trinajstić information content (AvgIpc) is 3.20. The lowest BCUT2D eigenvalue weighted by Crippen LogP contribution is -2.45. The second kappa shape index (κ2) is 7.22. The molecule has 2 aliphatic heterocycles. The smallest absolute Gasteiger partial charge is 0.183 e. The zero-order valence-corrected chi connectivity index (χ0v) is 15.7. The van der Waals surface area contributed by atoms with Crippen LogP contribution in [0.15, 0.2) is 29.2 Å². The van der Waals surface area contributed by atoms with Crippen molar-refractivity contribution in [3.63, 3.8) is 0 Å². The summed E-state index contributed by atoms with van der Waals surface area (Å²) in [7, 11) is -5.67. The summed E-state index contributed by atoms with van der Waals surface area (Å²) in [4.78, 5) is 0.110. The van der Waals surface area contributed by atoms with Gasteiger partial charge in [-0.2, -0.15) is 0 Å². The van der Waals surface area contributed by atoms with Crippen molar-refractivity contribution >= 4 is 19.7 Å². The third-order valence-corrected chi connectivity index (χ3v) is 8.89. The number of hydrogen-bond acceptors (Lipinski definition) is 7. The van der Waals surface area contributed by atoms with Gasteiger partial charge in [0.1, 0.15) is 5.75 Å². The van der Waals surface area contributed by atoms with Gasteiger partial charge in [-0.05, 0) is 37.1 Å². The highest BCUT2D eigenvalue weighted by Crippen LogP contribution is 2.27. The van der Waals surface area contributed by atoms with Crippen molar-refractivity contribution in [2.45, 2.75) is 35.1 Å². The number of rotatable bonds is 6. The predicted molar refractivity (Wildman–Crippen MR) is 93.4 cm³/mol. The van der Waals surface area contributed by atoms with E-state index < -0.39 is 31.0 Å². The lowest BCUT2D eigenvalue weighted by Gasteiger charge is -2.21. The highest BCUT2D eigenvalue weighted by molar-refractivity contribution is 7.96. The standard InChI is InChI=1S/C16H23NO6S2/c1-22-12-4-6-14(7-5-12)25(20,21)16-11-24(18,19)10-15(16)17-9-13-3-2-8-23-13/h4-7,13,15-17H,2-3,8-11H2,1H3. The monoisotopic (exact) mass is 389 g/mol. The molecule has 3 atom stereocenters. The summed E-state index contributed by atoms with van der Waals surface area (Å²) in [5, 5.41) is 2.13. The number of nitrogens with one attached hydrogen (secondary N) is 1. The van der Waals surface area contributed by atoms with E-state index in [4.69, 9.17) is 9.47 Å². The first kappa shape index (κ1) is 18.6. The first-order chi connectivity index (χ1) is 11.8. The Morgan fingerprint density at radius 2 is 1.96 bits per heavy atom. The van der Waals surface area contributed by atoms with Gasteiger partial charge in [0.05, 0.1) is 34.9 Å². The van der Waals surface area contributed by atoms with Crippen LogP contribution in [-0.4, -0.2) is 66.0 Å². The molecule has 0 radical (unpaired) electrons. The van der Waals surface area contributed by atoms with Crippen molar-refractivity contribution < 1.29 is 26.3 Å². The minimum absolute atomic E-state index is 0.0210. The van der Waals surface area contributed by atoms with E-state index in [0.717, 1.165) is 12.8 Å². The molecule has 2 aliphatic rings. The van der Waals surface area contributed by atoms with Crippen LogP contribution < -0.4 is 10.1 Å². The van der Waals surface area contributed by atoms with Gasteiger partial charge in [-0.25, -0.2) is 16.8 Å². The number of ether oxygens (including phenoxy) is 2. The molecule has 2 saturated heterocycles. The van der Waals surface area contributed by atoms with Gasteiger partial charge in [-0.15, -0.1) is 0 Å². The van der Waals surface area contributed by atoms with Gasteiger partial charge in [0.15, 0.2) is 19.7 Å². The summed E-state index contributed by atoms with van der Waals surface area (Å²) in [6.07, 6.45) is 1.90. The molecule has 0 bridgehead atoms. The summed E-state index contributed by atoms with van der Waals surface area (Å²) < 4.78 is 60.6. The van der Waals surface area contributed by atoms with Gasteiger partial charge in [0, 0.05) is 19.2 Å². The van der Waals surface area contributed by atoms with Crippen molar-refractivity contribution in [3.8, 4) is 5.75 Å². The lowest BCUT2D eigenvalue weighted by molar-refractivity contribution is 0.108. The highest BCUT2D eigenvalue weighted by atomic mass is 32.2. The molecule has 25 heavy (non-hydrogen) atoms. The third kappa shape index (κ3) is 4.16. The molecule has 7 nitrogen and oxygen atoms in total. The minimum atomic E-state index is -3.77. The maximum atomic E-state index is 13.0. The molecule has 2 heterocycles. The van der Waals surface area contributed by atoms with E-state index in [2.05, 4.69) is 5.32 Å². The van der Waals surface area contributed by atoms with E-state index >= 15 is 0 Å². The molecule has 140 valence electrons. The summed E-state index contributed by atoms with van der Waals surface area (Å²) in [6.45, 7) is 1.16. The summed E-state index contributed by atoms with van der Waals surface area (Å²) in [5.74, 6) is 0.0238. The van der Waals surface area contributed by atoms with E-state index in [1.807, 2.05) is 0 Å². The Labute approximate surface area is 148 Å². The molecule has 0 aliphatic carbocycles. The third-order valence-electron chi connectivity index (χ3n) is 4.72. The quantitative estimate of drug-likeness (QED) is 0.752. The molecule has 1 aromatic carbocycles. The number of sulfone groups is 2. The lowest BCUT2D eigenvalue weighted by atomic mass is 10.2. The molecule has 2 fully saturated rings. The van der Waals surface area contributed by atoms with E-state index in [1.165, 1.54) is 19.2 Å². The molecule has 1 N–H and O–H groups in total. The van der Waals surface area contributed by atoms with Gasteiger partial charge in [0.2, 0.25) is 0 Å². The van der Waals surface area contributed by atoms with Crippen LogP contribution in [0.25, 0.3) is 0 Å². The second-order valence-corrected chi connectivity index (χ2v) is 10.8. The van der Waals surface area contributed by atoms with Crippen LogP contribution >= 0.6 is 0 Å². The Hall–Kier alpha value is -1.16. The van der Waals surface area contributed by atoms with Gasteiger partial charge < -0.3 is 14.8 Å². The van der Waals surface area contributed by atoms with Crippen LogP contribution in [0.5, 0.6) is 5.75 Å². The Morgan fingerprint density at radius 3 is 2.56 bits per heavy atom. The van der Waals surface area contributed by atoms with Gasteiger partial charge in [-0.3, -0.25) is 0 Å². The molecule has 0 spiro atoms. The molecule has 0 saturated carbocycles. The van der Waals surface area contributed by atoms with Crippen LogP contribution in [0, 0.1) is 0 Å². The number of benzene rings is 1. The fraction of sp³-hybridized carbons (Fsp3) is 0.625. The molecule has 3 unspecified atom stereocenters. The van der Waals surface area contributed by atoms with Crippen molar-refractivity contribution in [1.29, 1.82) is 0 Å². The molecular weight excluding hydrogens is 366 g/mol. The summed E-state index contributed by atoms with van der Waals surface area (Å²) in [6, 6.07) is 5.41. The maximum absolute atomic E-state index is 13.0. The van der Waals surface area contributed by atoms with Crippen LogP contribution in [0.2, 0.25) is 0 Å². The van der Waals surface area contributed by atoms with Crippen molar-refractivity contribution in [2.24, 2.45) is 0 Å². The Kier molecular flexibility index (Phi) is 5.38. The van der Waals surface area contributed by atoms with Crippen molar-refractivity contribution in [2.75, 3.05) is 31.8 Å². The van der Waals surface area contributed by atoms with Crippen molar-refractivity contribution in [1.82, 2.24) is 5.32 Å².